The lowest BCUT2D eigenvalue weighted by atomic mass is 9.40. The van der Waals surface area contributed by atoms with Crippen molar-refractivity contribution in [2.24, 2.45) is 22.7 Å². The van der Waals surface area contributed by atoms with E-state index in [4.69, 9.17) is 13.3 Å². The molecule has 0 aliphatic heterocycles. The molecule has 6 heteroatoms. The second kappa shape index (κ2) is 9.57. The second-order valence-corrected chi connectivity index (χ2v) is 26.4. The first-order valence-corrected chi connectivity index (χ1v) is 21.0. The summed E-state index contributed by atoms with van der Waals surface area (Å²) < 4.78 is 19.8. The molecule has 1 heterocycles. The summed E-state index contributed by atoms with van der Waals surface area (Å²) >= 11 is 0. The Hall–Kier alpha value is -0.406. The molecule has 3 aliphatic rings. The van der Waals surface area contributed by atoms with Crippen molar-refractivity contribution in [3.63, 3.8) is 0 Å². The molecule has 0 spiro atoms. The molecule has 2 saturated carbocycles. The number of furan rings is 1. The summed E-state index contributed by atoms with van der Waals surface area (Å²) in [6.45, 7) is 29.8. The minimum atomic E-state index is -1.92. The SMILES string of the molecule is CC(C)(C)[Si](C)(C)OC[C@@]12CC[C@@H]3[C@](C)(CC[C@H](O)[C@]3(C)CO[Si](C)(C)C(C)(C)C)[C@H]1CCc1cocc12. The van der Waals surface area contributed by atoms with E-state index in [1.54, 1.807) is 0 Å². The molecule has 0 unspecified atom stereocenters. The summed E-state index contributed by atoms with van der Waals surface area (Å²) in [6.07, 6.45) is 10.1. The molecule has 1 aromatic heterocycles. The van der Waals surface area contributed by atoms with Gasteiger partial charge in [-0.25, -0.2) is 0 Å². The van der Waals surface area contributed by atoms with Crippen molar-refractivity contribution in [3.05, 3.63) is 23.7 Å². The molecule has 218 valence electrons. The molecule has 6 atom stereocenters. The minimum absolute atomic E-state index is 0.00908. The molecule has 4 rings (SSSR count). The fourth-order valence-electron chi connectivity index (χ4n) is 7.93. The van der Waals surface area contributed by atoms with Gasteiger partial charge in [-0.2, -0.15) is 0 Å². The molecule has 2 fully saturated rings. The van der Waals surface area contributed by atoms with Crippen LogP contribution in [-0.2, 0) is 20.7 Å². The Morgan fingerprint density at radius 3 is 2.00 bits per heavy atom. The van der Waals surface area contributed by atoms with Gasteiger partial charge in [0.25, 0.3) is 0 Å². The normalized spacial score (nSPS) is 36.4. The minimum Gasteiger partial charge on any atom is -0.472 e. The highest BCUT2D eigenvalue weighted by molar-refractivity contribution is 6.74. The molecule has 3 aliphatic carbocycles. The Morgan fingerprint density at radius 1 is 0.842 bits per heavy atom. The van der Waals surface area contributed by atoms with Crippen LogP contribution in [0, 0.1) is 22.7 Å². The first-order chi connectivity index (χ1) is 17.2. The lowest BCUT2D eigenvalue weighted by molar-refractivity contribution is -0.183. The van der Waals surface area contributed by atoms with Crippen LogP contribution in [0.2, 0.25) is 36.3 Å². The molecule has 38 heavy (non-hydrogen) atoms. The van der Waals surface area contributed by atoms with Crippen LogP contribution in [0.4, 0.5) is 0 Å². The van der Waals surface area contributed by atoms with Gasteiger partial charge in [0.1, 0.15) is 0 Å². The first kappa shape index (κ1) is 30.6. The zero-order chi connectivity index (χ0) is 28.6. The Morgan fingerprint density at radius 2 is 1.42 bits per heavy atom. The van der Waals surface area contributed by atoms with Gasteiger partial charge >= 0.3 is 0 Å². The molecular formula is C32H58O4Si2. The van der Waals surface area contributed by atoms with Crippen LogP contribution < -0.4 is 0 Å². The summed E-state index contributed by atoms with van der Waals surface area (Å²) in [5.74, 6) is 0.950. The number of aliphatic hydroxyl groups is 1. The summed E-state index contributed by atoms with van der Waals surface area (Å²) in [5, 5.41) is 11.9. The highest BCUT2D eigenvalue weighted by atomic mass is 28.4. The maximum absolute atomic E-state index is 11.6. The lowest BCUT2D eigenvalue weighted by Crippen LogP contribution is -2.64. The lowest BCUT2D eigenvalue weighted by Gasteiger charge is -2.66. The van der Waals surface area contributed by atoms with Gasteiger partial charge in [0, 0.05) is 29.6 Å². The third-order valence-corrected chi connectivity index (χ3v) is 21.6. The largest absolute Gasteiger partial charge is 0.472 e. The van der Waals surface area contributed by atoms with Gasteiger partial charge in [0.2, 0.25) is 0 Å². The molecule has 1 N–H and O–H groups in total. The van der Waals surface area contributed by atoms with Crippen LogP contribution in [0.3, 0.4) is 0 Å². The van der Waals surface area contributed by atoms with E-state index in [9.17, 15) is 5.11 Å². The molecule has 4 nitrogen and oxygen atoms in total. The maximum Gasteiger partial charge on any atom is 0.192 e. The number of hydrogen-bond acceptors (Lipinski definition) is 4. The quantitative estimate of drug-likeness (QED) is 0.352. The van der Waals surface area contributed by atoms with E-state index in [1.807, 2.05) is 6.26 Å². The van der Waals surface area contributed by atoms with Gasteiger partial charge in [-0.05, 0) is 97.6 Å². The molecule has 0 bridgehead atoms. The van der Waals surface area contributed by atoms with Crippen LogP contribution >= 0.6 is 0 Å². The van der Waals surface area contributed by atoms with E-state index in [2.05, 4.69) is 87.8 Å². The third kappa shape index (κ3) is 4.76. The van der Waals surface area contributed by atoms with Gasteiger partial charge in [-0.15, -0.1) is 0 Å². The number of aryl methyl sites for hydroxylation is 1. The van der Waals surface area contributed by atoms with Gasteiger partial charge in [-0.1, -0.05) is 55.4 Å². The summed E-state index contributed by atoms with van der Waals surface area (Å²) in [6, 6.07) is 0. The van der Waals surface area contributed by atoms with E-state index in [1.165, 1.54) is 17.5 Å². The van der Waals surface area contributed by atoms with Crippen LogP contribution in [0.15, 0.2) is 16.9 Å². The van der Waals surface area contributed by atoms with Crippen LogP contribution in [0.25, 0.3) is 0 Å². The topological polar surface area (TPSA) is 51.8 Å². The standard InChI is InChI=1S/C32H58O4Si2/c1-28(2,3)37(9,10)35-21-31(8)25-15-18-32(22-36-38(11,12)29(4,5)6)24-20-34-19-23(24)13-14-26(32)30(25,7)17-16-27(31)33/h19-20,25-27,33H,13-18,21-22H2,1-12H3/t25-,26-,27+,30+,31-,32-/m1/s1. The van der Waals surface area contributed by atoms with Gasteiger partial charge in [0.15, 0.2) is 16.6 Å². The fourth-order valence-corrected chi connectivity index (χ4v) is 10.1. The predicted octanol–water partition coefficient (Wildman–Crippen LogP) is 8.70. The van der Waals surface area contributed by atoms with Crippen molar-refractivity contribution in [2.45, 2.75) is 142 Å². The average Bonchev–Trinajstić information content (AvgIpc) is 3.28. The van der Waals surface area contributed by atoms with E-state index in [-0.39, 0.29) is 32.4 Å². The zero-order valence-electron chi connectivity index (χ0n) is 26.7. The Labute approximate surface area is 235 Å². The molecule has 0 saturated heterocycles. The summed E-state index contributed by atoms with van der Waals surface area (Å²) in [5.41, 5.74) is 2.70. The fraction of sp³-hybridized carbons (Fsp3) is 0.875. The van der Waals surface area contributed by atoms with Crippen molar-refractivity contribution < 1.29 is 18.4 Å². The smallest absolute Gasteiger partial charge is 0.192 e. The van der Waals surface area contributed by atoms with Crippen LogP contribution in [0.1, 0.15) is 98.6 Å². The number of rotatable bonds is 6. The molecule has 0 amide bonds. The Bertz CT molecular complexity index is 1000. The summed E-state index contributed by atoms with van der Waals surface area (Å²) in [4.78, 5) is 0. The van der Waals surface area contributed by atoms with Crippen molar-refractivity contribution in [2.75, 3.05) is 13.2 Å². The third-order valence-electron chi connectivity index (χ3n) is 12.7. The van der Waals surface area contributed by atoms with E-state index in [0.717, 1.165) is 38.7 Å². The van der Waals surface area contributed by atoms with Crippen molar-refractivity contribution in [3.8, 4) is 0 Å². The number of hydrogen-bond donors (Lipinski definition) is 1. The van der Waals surface area contributed by atoms with Crippen molar-refractivity contribution in [1.29, 1.82) is 0 Å². The maximum atomic E-state index is 11.6. The van der Waals surface area contributed by atoms with Gasteiger partial charge < -0.3 is 18.4 Å². The van der Waals surface area contributed by atoms with E-state index < -0.39 is 16.6 Å². The highest BCUT2D eigenvalue weighted by Crippen LogP contribution is 2.67. The number of aliphatic hydroxyl groups excluding tert-OH is 1. The molecule has 0 aromatic carbocycles. The average molecular weight is 563 g/mol. The predicted molar refractivity (Wildman–Crippen MR) is 163 cm³/mol. The van der Waals surface area contributed by atoms with Crippen molar-refractivity contribution >= 4 is 16.6 Å². The zero-order valence-corrected chi connectivity index (χ0v) is 28.7. The van der Waals surface area contributed by atoms with Crippen molar-refractivity contribution in [1.82, 2.24) is 0 Å². The second-order valence-electron chi connectivity index (χ2n) is 16.8. The van der Waals surface area contributed by atoms with Crippen LogP contribution in [-0.4, -0.2) is 41.1 Å². The van der Waals surface area contributed by atoms with E-state index >= 15 is 0 Å². The summed E-state index contributed by atoms with van der Waals surface area (Å²) in [7, 11) is -3.84. The van der Waals surface area contributed by atoms with Gasteiger partial charge in [-0.3, -0.25) is 0 Å². The number of fused-ring (bicyclic) bond motifs is 5. The van der Waals surface area contributed by atoms with E-state index in [0.29, 0.717) is 18.4 Å². The Balaban J connectivity index is 1.70. The molecule has 1 aromatic rings. The Kier molecular flexibility index (Phi) is 7.70. The molecular weight excluding hydrogens is 505 g/mol. The first-order valence-electron chi connectivity index (χ1n) is 15.2. The van der Waals surface area contributed by atoms with Crippen LogP contribution in [0.5, 0.6) is 0 Å². The molecule has 0 radical (unpaired) electrons. The highest BCUT2D eigenvalue weighted by Gasteiger charge is 2.65. The van der Waals surface area contributed by atoms with Gasteiger partial charge in [0.05, 0.1) is 18.6 Å². The monoisotopic (exact) mass is 562 g/mol.